The van der Waals surface area contributed by atoms with E-state index in [2.05, 4.69) is 0 Å². The van der Waals surface area contributed by atoms with Crippen LogP contribution in [-0.4, -0.2) is 34.0 Å². The van der Waals surface area contributed by atoms with E-state index in [1.54, 1.807) is 0 Å². The summed E-state index contributed by atoms with van der Waals surface area (Å²) in [5.74, 6) is -1.95. The number of halogens is 5. The van der Waals surface area contributed by atoms with Gasteiger partial charge in [-0.1, -0.05) is 0 Å². The zero-order chi connectivity index (χ0) is 16.1. The lowest BCUT2D eigenvalue weighted by Crippen LogP contribution is -2.13. The summed E-state index contributed by atoms with van der Waals surface area (Å²) in [6, 6.07) is 2.24. The Kier molecular flexibility index (Phi) is 6.24. The van der Waals surface area contributed by atoms with Crippen LogP contribution >= 0.6 is 10.7 Å². The summed E-state index contributed by atoms with van der Waals surface area (Å²) < 4.78 is 81.3. The minimum atomic E-state index is -4.81. The maximum Gasteiger partial charge on any atom is 0.419 e. The highest BCUT2D eigenvalue weighted by molar-refractivity contribution is 8.13. The van der Waals surface area contributed by atoms with E-state index in [1.165, 1.54) is 0 Å². The second-order valence-electron chi connectivity index (χ2n) is 3.84. The first-order chi connectivity index (χ1) is 9.59. The van der Waals surface area contributed by atoms with Crippen LogP contribution in [0.2, 0.25) is 0 Å². The molecule has 0 amide bonds. The Morgan fingerprint density at radius 1 is 1.14 bits per heavy atom. The molecule has 0 aliphatic rings. The van der Waals surface area contributed by atoms with Gasteiger partial charge >= 0.3 is 6.18 Å². The molecule has 1 aromatic carbocycles. The highest BCUT2D eigenvalue weighted by Crippen LogP contribution is 2.33. The summed E-state index contributed by atoms with van der Waals surface area (Å²) in [5.41, 5.74) is -1.42. The van der Waals surface area contributed by atoms with Crippen molar-refractivity contribution in [2.24, 2.45) is 0 Å². The minimum absolute atomic E-state index is 0.0505. The Hall–Kier alpha value is -1.06. The molecular formula is C11H11ClF4O4S. The van der Waals surface area contributed by atoms with Crippen LogP contribution in [0.4, 0.5) is 17.6 Å². The maximum atomic E-state index is 13.0. The topological polar surface area (TPSA) is 52.6 Å². The van der Waals surface area contributed by atoms with Gasteiger partial charge in [-0.3, -0.25) is 0 Å². The second kappa shape index (κ2) is 7.28. The molecule has 120 valence electrons. The van der Waals surface area contributed by atoms with Crippen molar-refractivity contribution in [1.82, 2.24) is 0 Å². The average Bonchev–Trinajstić information content (AvgIpc) is 2.32. The lowest BCUT2D eigenvalue weighted by atomic mass is 10.2. The van der Waals surface area contributed by atoms with E-state index in [0.29, 0.717) is 12.1 Å². The summed E-state index contributed by atoms with van der Waals surface area (Å²) in [6.45, 7) is -0.331. The highest BCUT2D eigenvalue weighted by atomic mass is 35.7. The van der Waals surface area contributed by atoms with Gasteiger partial charge in [-0.25, -0.2) is 12.8 Å². The number of ether oxygens (including phenoxy) is 2. The lowest BCUT2D eigenvalue weighted by molar-refractivity contribution is -0.140. The molecule has 0 aliphatic carbocycles. The molecule has 0 spiro atoms. The van der Waals surface area contributed by atoms with Gasteiger partial charge in [0.1, 0.15) is 18.2 Å². The summed E-state index contributed by atoms with van der Waals surface area (Å²) in [4.78, 5) is 0. The van der Waals surface area contributed by atoms with E-state index >= 15 is 0 Å². The Balaban J connectivity index is 2.43. The number of benzene rings is 1. The summed E-state index contributed by atoms with van der Waals surface area (Å²) >= 11 is 0. The molecular weight excluding hydrogens is 340 g/mol. The first-order valence-corrected chi connectivity index (χ1v) is 8.07. The SMILES string of the molecule is O=S(=O)(Cl)CCOCCOc1ccc(F)c(C(F)(F)F)c1. The zero-order valence-corrected chi connectivity index (χ0v) is 12.1. The largest absolute Gasteiger partial charge is 0.491 e. The number of hydrogen-bond donors (Lipinski definition) is 0. The lowest BCUT2D eigenvalue weighted by Gasteiger charge is -2.11. The number of rotatable bonds is 7. The first kappa shape index (κ1) is 18.0. The molecule has 0 radical (unpaired) electrons. The van der Waals surface area contributed by atoms with Crippen molar-refractivity contribution >= 4 is 19.7 Å². The van der Waals surface area contributed by atoms with Crippen LogP contribution in [0.15, 0.2) is 18.2 Å². The fraction of sp³-hybridized carbons (Fsp3) is 0.455. The maximum absolute atomic E-state index is 13.0. The normalized spacial score (nSPS) is 12.4. The molecule has 0 saturated carbocycles. The molecule has 1 aromatic rings. The van der Waals surface area contributed by atoms with Gasteiger partial charge in [0, 0.05) is 10.7 Å². The molecule has 0 bridgehead atoms. The third-order valence-corrected chi connectivity index (χ3v) is 3.33. The molecule has 0 aromatic heterocycles. The van der Waals surface area contributed by atoms with Crippen molar-refractivity contribution < 1.29 is 35.5 Å². The molecule has 0 fully saturated rings. The van der Waals surface area contributed by atoms with Gasteiger partial charge in [-0.2, -0.15) is 13.2 Å². The van der Waals surface area contributed by atoms with E-state index in [9.17, 15) is 26.0 Å². The quantitative estimate of drug-likeness (QED) is 0.431. The van der Waals surface area contributed by atoms with Crippen molar-refractivity contribution in [2.75, 3.05) is 25.6 Å². The van der Waals surface area contributed by atoms with E-state index in [4.69, 9.17) is 20.2 Å². The van der Waals surface area contributed by atoms with Crippen LogP contribution in [0.1, 0.15) is 5.56 Å². The molecule has 0 saturated heterocycles. The van der Waals surface area contributed by atoms with Crippen molar-refractivity contribution in [3.05, 3.63) is 29.6 Å². The van der Waals surface area contributed by atoms with Crippen LogP contribution in [0, 0.1) is 5.82 Å². The second-order valence-corrected chi connectivity index (χ2v) is 6.74. The van der Waals surface area contributed by atoms with E-state index < -0.39 is 26.6 Å². The predicted octanol–water partition coefficient (Wildman–Crippen LogP) is 2.81. The minimum Gasteiger partial charge on any atom is -0.491 e. The van der Waals surface area contributed by atoms with E-state index in [-0.39, 0.29) is 31.3 Å². The van der Waals surface area contributed by atoms with Gasteiger partial charge in [0.15, 0.2) is 0 Å². The molecule has 0 N–H and O–H groups in total. The van der Waals surface area contributed by atoms with E-state index in [1.807, 2.05) is 0 Å². The van der Waals surface area contributed by atoms with Gasteiger partial charge in [-0.15, -0.1) is 0 Å². The third-order valence-electron chi connectivity index (χ3n) is 2.21. The van der Waals surface area contributed by atoms with Crippen LogP contribution in [-0.2, 0) is 20.0 Å². The summed E-state index contributed by atoms with van der Waals surface area (Å²) in [6.07, 6.45) is -4.81. The van der Waals surface area contributed by atoms with Crippen LogP contribution in [0.25, 0.3) is 0 Å². The average molecular weight is 351 g/mol. The number of alkyl halides is 3. The predicted molar refractivity (Wildman–Crippen MR) is 67.4 cm³/mol. The molecule has 0 unspecified atom stereocenters. The Morgan fingerprint density at radius 2 is 1.81 bits per heavy atom. The van der Waals surface area contributed by atoms with Crippen LogP contribution in [0.3, 0.4) is 0 Å². The standard InChI is InChI=1S/C11H11ClF4O4S/c12-21(17,18)6-5-19-3-4-20-8-1-2-10(13)9(7-8)11(14,15)16/h1-2,7H,3-6H2. The molecule has 0 heterocycles. The van der Waals surface area contributed by atoms with Gasteiger partial charge in [-0.05, 0) is 18.2 Å². The Labute approximate surface area is 123 Å². The van der Waals surface area contributed by atoms with Crippen LogP contribution < -0.4 is 4.74 Å². The zero-order valence-electron chi connectivity index (χ0n) is 10.5. The third kappa shape index (κ3) is 6.96. The Morgan fingerprint density at radius 3 is 2.38 bits per heavy atom. The molecule has 0 atom stereocenters. The Bertz CT molecular complexity index is 574. The van der Waals surface area contributed by atoms with Gasteiger partial charge < -0.3 is 9.47 Å². The van der Waals surface area contributed by atoms with Crippen molar-refractivity contribution in [1.29, 1.82) is 0 Å². The van der Waals surface area contributed by atoms with Gasteiger partial charge in [0.05, 0.1) is 24.5 Å². The van der Waals surface area contributed by atoms with Crippen molar-refractivity contribution in [3.63, 3.8) is 0 Å². The van der Waals surface area contributed by atoms with Crippen molar-refractivity contribution in [3.8, 4) is 5.75 Å². The first-order valence-electron chi connectivity index (χ1n) is 5.59. The fourth-order valence-electron chi connectivity index (χ4n) is 1.29. The summed E-state index contributed by atoms with van der Waals surface area (Å²) in [5, 5.41) is 0. The monoisotopic (exact) mass is 350 g/mol. The smallest absolute Gasteiger partial charge is 0.419 e. The molecule has 4 nitrogen and oxygen atoms in total. The van der Waals surface area contributed by atoms with Gasteiger partial charge in [0.2, 0.25) is 9.05 Å². The number of hydrogen-bond acceptors (Lipinski definition) is 4. The molecule has 21 heavy (non-hydrogen) atoms. The van der Waals surface area contributed by atoms with Crippen molar-refractivity contribution in [2.45, 2.75) is 6.18 Å². The highest BCUT2D eigenvalue weighted by Gasteiger charge is 2.34. The molecule has 1 rings (SSSR count). The van der Waals surface area contributed by atoms with E-state index in [0.717, 1.165) is 6.07 Å². The molecule has 10 heteroatoms. The van der Waals surface area contributed by atoms with Gasteiger partial charge in [0.25, 0.3) is 0 Å². The molecule has 0 aliphatic heterocycles. The summed E-state index contributed by atoms with van der Waals surface area (Å²) in [7, 11) is 1.29. The fourth-order valence-corrected chi connectivity index (χ4v) is 1.80. The van der Waals surface area contributed by atoms with Crippen LogP contribution in [0.5, 0.6) is 5.75 Å².